The molecule has 1 heterocycles. The van der Waals surface area contributed by atoms with Crippen molar-refractivity contribution in [1.29, 1.82) is 5.26 Å². The number of ether oxygens (including phenoxy) is 1. The Morgan fingerprint density at radius 1 is 1.29 bits per heavy atom. The molecule has 31 heavy (non-hydrogen) atoms. The minimum atomic E-state index is 0.178. The van der Waals surface area contributed by atoms with E-state index in [1.165, 1.54) is 0 Å². The molecule has 0 radical (unpaired) electrons. The number of aliphatic imine (C=N–C) groups is 1. The molecule has 0 aromatic heterocycles. The molecule has 1 unspecified atom stereocenters. The number of hydrogen-bond acceptors (Lipinski definition) is 5. The lowest BCUT2D eigenvalue weighted by Gasteiger charge is -2.35. The number of phenolic OH excluding ortho intramolecular Hbond substituents is 1. The average molecular weight is 422 g/mol. The van der Waals surface area contributed by atoms with Gasteiger partial charge in [0.2, 0.25) is 0 Å². The van der Waals surface area contributed by atoms with Gasteiger partial charge >= 0.3 is 0 Å². The summed E-state index contributed by atoms with van der Waals surface area (Å²) in [5.74, 6) is 1.43. The predicted molar refractivity (Wildman–Crippen MR) is 124 cm³/mol. The van der Waals surface area contributed by atoms with Crippen LogP contribution in [-0.4, -0.2) is 50.4 Å². The van der Waals surface area contributed by atoms with Gasteiger partial charge in [0.05, 0.1) is 18.4 Å². The van der Waals surface area contributed by atoms with Gasteiger partial charge in [-0.1, -0.05) is 24.3 Å². The lowest BCUT2D eigenvalue weighted by Crippen LogP contribution is -2.51. The van der Waals surface area contributed by atoms with Crippen molar-refractivity contribution in [2.45, 2.75) is 32.2 Å². The first-order valence-electron chi connectivity index (χ1n) is 10.8. The first-order chi connectivity index (χ1) is 15.2. The van der Waals surface area contributed by atoms with E-state index in [1.54, 1.807) is 13.2 Å². The zero-order valence-electron chi connectivity index (χ0n) is 18.3. The lowest BCUT2D eigenvalue weighted by atomic mass is 10.0. The fourth-order valence-corrected chi connectivity index (χ4v) is 3.89. The highest BCUT2D eigenvalue weighted by molar-refractivity contribution is 5.80. The number of benzene rings is 2. The number of nitrogens with zero attached hydrogens (tertiary/aromatic N) is 3. The van der Waals surface area contributed by atoms with Gasteiger partial charge < -0.3 is 25.4 Å². The molecule has 0 saturated carbocycles. The van der Waals surface area contributed by atoms with Gasteiger partial charge in [-0.25, -0.2) is 0 Å². The van der Waals surface area contributed by atoms with E-state index in [4.69, 9.17) is 9.73 Å². The number of nitrogens with one attached hydrogen (secondary N) is 2. The Morgan fingerprint density at radius 3 is 2.90 bits per heavy atom. The van der Waals surface area contributed by atoms with Crippen molar-refractivity contribution < 1.29 is 9.84 Å². The SMILES string of the molecule is CCNC(=NCCc1cccc(OC)c1O)NC1CCCN(c2ccccc2C#N)C1. The number of piperidine rings is 1. The van der Waals surface area contributed by atoms with Crippen LogP contribution in [0.4, 0.5) is 5.69 Å². The van der Waals surface area contributed by atoms with Gasteiger partial charge in [0, 0.05) is 32.2 Å². The van der Waals surface area contributed by atoms with Crippen LogP contribution in [-0.2, 0) is 6.42 Å². The Morgan fingerprint density at radius 2 is 2.13 bits per heavy atom. The quantitative estimate of drug-likeness (QED) is 0.470. The molecule has 3 N–H and O–H groups in total. The summed E-state index contributed by atoms with van der Waals surface area (Å²) in [6.45, 7) is 5.12. The van der Waals surface area contributed by atoms with E-state index >= 15 is 0 Å². The van der Waals surface area contributed by atoms with Crippen LogP contribution in [0.5, 0.6) is 11.5 Å². The summed E-state index contributed by atoms with van der Waals surface area (Å²) in [6, 6.07) is 15.8. The summed E-state index contributed by atoms with van der Waals surface area (Å²) in [5, 5.41) is 26.5. The molecule has 2 aromatic rings. The Labute approximate surface area is 184 Å². The summed E-state index contributed by atoms with van der Waals surface area (Å²) in [7, 11) is 1.55. The fourth-order valence-electron chi connectivity index (χ4n) is 3.89. The number of rotatable bonds is 7. The van der Waals surface area contributed by atoms with Crippen molar-refractivity contribution in [1.82, 2.24) is 10.6 Å². The molecule has 1 aliphatic rings. The van der Waals surface area contributed by atoms with E-state index in [-0.39, 0.29) is 11.8 Å². The molecule has 0 amide bonds. The zero-order valence-corrected chi connectivity index (χ0v) is 18.3. The van der Waals surface area contributed by atoms with Crippen molar-refractivity contribution in [2.75, 3.05) is 38.2 Å². The number of methoxy groups -OCH3 is 1. The number of anilines is 1. The second kappa shape index (κ2) is 11.1. The maximum Gasteiger partial charge on any atom is 0.191 e. The van der Waals surface area contributed by atoms with Gasteiger partial charge in [0.1, 0.15) is 6.07 Å². The Kier molecular flexibility index (Phi) is 7.99. The second-order valence-electron chi connectivity index (χ2n) is 7.54. The van der Waals surface area contributed by atoms with Crippen LogP contribution in [0.2, 0.25) is 0 Å². The number of para-hydroxylation sites is 2. The minimum Gasteiger partial charge on any atom is -0.504 e. The fraction of sp³-hybridized carbons (Fsp3) is 0.417. The van der Waals surface area contributed by atoms with Crippen LogP contribution in [0.25, 0.3) is 0 Å². The summed E-state index contributed by atoms with van der Waals surface area (Å²) < 4.78 is 5.18. The smallest absolute Gasteiger partial charge is 0.191 e. The third-order valence-corrected chi connectivity index (χ3v) is 5.43. The Hall–Kier alpha value is -3.40. The van der Waals surface area contributed by atoms with Crippen molar-refractivity contribution >= 4 is 11.6 Å². The molecule has 3 rings (SSSR count). The van der Waals surface area contributed by atoms with Gasteiger partial charge in [0.25, 0.3) is 0 Å². The van der Waals surface area contributed by atoms with E-state index in [0.717, 1.165) is 49.7 Å². The van der Waals surface area contributed by atoms with Crippen LogP contribution in [0.1, 0.15) is 30.9 Å². The highest BCUT2D eigenvalue weighted by Gasteiger charge is 2.22. The monoisotopic (exact) mass is 421 g/mol. The Balaban J connectivity index is 1.63. The Bertz CT molecular complexity index is 938. The molecule has 1 fully saturated rings. The first kappa shape index (κ1) is 22.3. The second-order valence-corrected chi connectivity index (χ2v) is 7.54. The highest BCUT2D eigenvalue weighted by atomic mass is 16.5. The van der Waals surface area contributed by atoms with Crippen LogP contribution in [0.15, 0.2) is 47.5 Å². The zero-order chi connectivity index (χ0) is 22.1. The number of aromatic hydroxyl groups is 1. The standard InChI is InChI=1S/C24H31N5O2/c1-3-26-24(27-14-13-18-9-6-12-22(31-2)23(18)30)28-20-10-7-15-29(17-20)21-11-5-4-8-19(21)16-25/h4-6,8-9,11-12,20,30H,3,7,10,13-15,17H2,1-2H3,(H2,26,27,28). The van der Waals surface area contributed by atoms with E-state index in [0.29, 0.717) is 24.3 Å². The molecule has 1 saturated heterocycles. The number of phenols is 1. The molecule has 164 valence electrons. The van der Waals surface area contributed by atoms with Crippen molar-refractivity contribution in [3.8, 4) is 17.6 Å². The number of hydrogen-bond donors (Lipinski definition) is 3. The van der Waals surface area contributed by atoms with E-state index in [9.17, 15) is 10.4 Å². The van der Waals surface area contributed by atoms with Gasteiger partial charge in [-0.05, 0) is 49.9 Å². The van der Waals surface area contributed by atoms with Crippen LogP contribution in [0, 0.1) is 11.3 Å². The molecule has 1 atom stereocenters. The van der Waals surface area contributed by atoms with Crippen LogP contribution < -0.4 is 20.3 Å². The summed E-state index contributed by atoms with van der Waals surface area (Å²) >= 11 is 0. The van der Waals surface area contributed by atoms with E-state index < -0.39 is 0 Å². The molecule has 1 aliphatic heterocycles. The highest BCUT2D eigenvalue weighted by Crippen LogP contribution is 2.29. The van der Waals surface area contributed by atoms with Crippen LogP contribution >= 0.6 is 0 Å². The molecule has 2 aromatic carbocycles. The van der Waals surface area contributed by atoms with Crippen molar-refractivity contribution in [2.24, 2.45) is 4.99 Å². The first-order valence-corrected chi connectivity index (χ1v) is 10.8. The van der Waals surface area contributed by atoms with E-state index in [1.807, 2.05) is 43.3 Å². The number of nitriles is 1. The molecular weight excluding hydrogens is 390 g/mol. The maximum atomic E-state index is 10.3. The number of guanidine groups is 1. The average Bonchev–Trinajstić information content (AvgIpc) is 2.80. The lowest BCUT2D eigenvalue weighted by molar-refractivity contribution is 0.370. The van der Waals surface area contributed by atoms with Gasteiger partial charge in [-0.15, -0.1) is 0 Å². The normalized spacial score (nSPS) is 16.5. The molecule has 0 spiro atoms. The maximum absolute atomic E-state index is 10.3. The van der Waals surface area contributed by atoms with Gasteiger partial charge in [-0.3, -0.25) is 4.99 Å². The largest absolute Gasteiger partial charge is 0.504 e. The van der Waals surface area contributed by atoms with E-state index in [2.05, 4.69) is 21.6 Å². The van der Waals surface area contributed by atoms with Crippen LogP contribution in [0.3, 0.4) is 0 Å². The third kappa shape index (κ3) is 5.82. The molecule has 0 bridgehead atoms. The third-order valence-electron chi connectivity index (χ3n) is 5.43. The van der Waals surface area contributed by atoms with Gasteiger partial charge in [0.15, 0.2) is 17.5 Å². The summed E-state index contributed by atoms with van der Waals surface area (Å²) in [4.78, 5) is 6.98. The minimum absolute atomic E-state index is 0.178. The van der Waals surface area contributed by atoms with Crippen molar-refractivity contribution in [3.63, 3.8) is 0 Å². The van der Waals surface area contributed by atoms with Crippen molar-refractivity contribution in [3.05, 3.63) is 53.6 Å². The molecule has 0 aliphatic carbocycles. The molecule has 7 heteroatoms. The van der Waals surface area contributed by atoms with Gasteiger partial charge in [-0.2, -0.15) is 5.26 Å². The molecule has 7 nitrogen and oxygen atoms in total. The summed E-state index contributed by atoms with van der Waals surface area (Å²) in [5.41, 5.74) is 2.52. The topological polar surface area (TPSA) is 92.9 Å². The summed E-state index contributed by atoms with van der Waals surface area (Å²) in [6.07, 6.45) is 2.72. The molecular formula is C24H31N5O2. The predicted octanol–water partition coefficient (Wildman–Crippen LogP) is 3.04.